The first-order valence-corrected chi connectivity index (χ1v) is 11.5. The number of aromatic nitrogens is 4. The van der Waals surface area contributed by atoms with Gasteiger partial charge in [-0.1, -0.05) is 84.6 Å². The van der Waals surface area contributed by atoms with E-state index in [0.29, 0.717) is 23.4 Å². The van der Waals surface area contributed by atoms with Crippen LogP contribution in [0.2, 0.25) is 0 Å². The van der Waals surface area contributed by atoms with Crippen LogP contribution in [0.3, 0.4) is 0 Å². The van der Waals surface area contributed by atoms with Crippen LogP contribution in [0.5, 0.6) is 0 Å². The molecule has 2 aromatic heterocycles. The van der Waals surface area contributed by atoms with Gasteiger partial charge < -0.3 is 4.42 Å². The molecule has 9 heteroatoms. The summed E-state index contributed by atoms with van der Waals surface area (Å²) in [5.74, 6) is 0.940. The second-order valence-electron chi connectivity index (χ2n) is 7.51. The van der Waals surface area contributed by atoms with Crippen LogP contribution in [-0.2, 0) is 12.3 Å². The highest BCUT2D eigenvalue weighted by Gasteiger charge is 2.18. The lowest BCUT2D eigenvalue weighted by atomic mass is 10.1. The van der Waals surface area contributed by atoms with Crippen molar-refractivity contribution in [3.8, 4) is 22.8 Å². The second kappa shape index (κ2) is 9.72. The van der Waals surface area contributed by atoms with Crippen molar-refractivity contribution in [2.24, 2.45) is 0 Å². The molecule has 0 saturated carbocycles. The van der Waals surface area contributed by atoms with E-state index in [-0.39, 0.29) is 5.69 Å². The van der Waals surface area contributed by atoms with E-state index in [9.17, 15) is 10.1 Å². The molecule has 5 aromatic rings. The summed E-state index contributed by atoms with van der Waals surface area (Å²) >= 11 is 1.38. The van der Waals surface area contributed by atoms with Crippen LogP contribution < -0.4 is 0 Å². The lowest BCUT2D eigenvalue weighted by molar-refractivity contribution is -0.384. The van der Waals surface area contributed by atoms with Gasteiger partial charge in [0.1, 0.15) is 5.69 Å². The fraction of sp³-hybridized carbons (Fsp3) is 0.0800. The normalized spacial score (nSPS) is 10.9. The molecule has 5 rings (SSSR count). The Hall–Kier alpha value is -4.24. The van der Waals surface area contributed by atoms with Crippen molar-refractivity contribution < 1.29 is 9.34 Å². The van der Waals surface area contributed by atoms with Gasteiger partial charge in [0.2, 0.25) is 0 Å². The molecule has 3 aromatic carbocycles. The van der Waals surface area contributed by atoms with Gasteiger partial charge >= 0.3 is 0 Å². The summed E-state index contributed by atoms with van der Waals surface area (Å²) < 4.78 is 7.82. The van der Waals surface area contributed by atoms with Crippen molar-refractivity contribution in [2.45, 2.75) is 17.5 Å². The van der Waals surface area contributed by atoms with Gasteiger partial charge in [-0.15, -0.1) is 10.2 Å². The zero-order chi connectivity index (χ0) is 23.3. The molecule has 0 aliphatic carbocycles. The number of non-ortho nitro benzene ring substituents is 1. The molecule has 0 radical (unpaired) electrons. The zero-order valence-corrected chi connectivity index (χ0v) is 18.8. The SMILES string of the molecule is O=[N+]([O-])c1ccc(CSc2nnc(-c3cc(-c4ccccc4)nn3Cc3ccccc3)o2)cc1. The number of benzene rings is 3. The third kappa shape index (κ3) is 4.89. The Balaban J connectivity index is 1.39. The Morgan fingerprint density at radius 2 is 1.59 bits per heavy atom. The van der Waals surface area contributed by atoms with Crippen molar-refractivity contribution in [1.82, 2.24) is 20.0 Å². The van der Waals surface area contributed by atoms with Gasteiger partial charge in [0.15, 0.2) is 0 Å². The lowest BCUT2D eigenvalue weighted by Gasteiger charge is -2.05. The van der Waals surface area contributed by atoms with Gasteiger partial charge in [0.05, 0.1) is 17.2 Å². The van der Waals surface area contributed by atoms with Gasteiger partial charge in [-0.3, -0.25) is 14.8 Å². The van der Waals surface area contributed by atoms with Gasteiger partial charge in [-0.25, -0.2) is 0 Å². The van der Waals surface area contributed by atoms with Gasteiger partial charge in [0.25, 0.3) is 16.8 Å². The topological polar surface area (TPSA) is 99.9 Å². The number of hydrogen-bond acceptors (Lipinski definition) is 7. The molecule has 0 aliphatic heterocycles. The molecule has 0 aliphatic rings. The van der Waals surface area contributed by atoms with E-state index in [1.54, 1.807) is 12.1 Å². The lowest BCUT2D eigenvalue weighted by Crippen LogP contribution is -2.04. The van der Waals surface area contributed by atoms with Crippen LogP contribution >= 0.6 is 11.8 Å². The molecular formula is C25H19N5O3S. The van der Waals surface area contributed by atoms with Crippen LogP contribution in [0.1, 0.15) is 11.1 Å². The summed E-state index contributed by atoms with van der Waals surface area (Å²) in [6.45, 7) is 0.566. The molecule has 0 saturated heterocycles. The minimum Gasteiger partial charge on any atom is -0.410 e. The van der Waals surface area contributed by atoms with Crippen LogP contribution in [0.25, 0.3) is 22.8 Å². The Kier molecular flexibility index (Phi) is 6.17. The standard InChI is InChI=1S/C25H19N5O3S/c31-30(32)21-13-11-19(12-14-21)17-34-25-27-26-24(33-25)23-15-22(20-9-5-2-6-10-20)28-29(23)16-18-7-3-1-4-8-18/h1-15H,16-17H2. The average molecular weight is 470 g/mol. The largest absolute Gasteiger partial charge is 0.410 e. The quantitative estimate of drug-likeness (QED) is 0.160. The predicted octanol–water partition coefficient (Wildman–Crippen LogP) is 5.85. The average Bonchev–Trinajstić information content (AvgIpc) is 3.51. The zero-order valence-electron chi connectivity index (χ0n) is 17.9. The van der Waals surface area contributed by atoms with Crippen LogP contribution in [0.15, 0.2) is 101 Å². The van der Waals surface area contributed by atoms with E-state index in [1.807, 2.05) is 71.4 Å². The molecule has 0 unspecified atom stereocenters. The molecule has 34 heavy (non-hydrogen) atoms. The Labute approximate surface area is 199 Å². The van der Waals surface area contributed by atoms with Crippen LogP contribution in [0, 0.1) is 10.1 Å². The number of nitro groups is 1. The molecule has 0 bridgehead atoms. The van der Waals surface area contributed by atoms with Crippen molar-refractivity contribution in [3.05, 3.63) is 112 Å². The monoisotopic (exact) mass is 469 g/mol. The summed E-state index contributed by atoms with van der Waals surface area (Å²) in [7, 11) is 0. The number of nitrogens with zero attached hydrogens (tertiary/aromatic N) is 5. The Bertz CT molecular complexity index is 1400. The van der Waals surface area contributed by atoms with Crippen LogP contribution in [0.4, 0.5) is 5.69 Å². The van der Waals surface area contributed by atoms with E-state index in [4.69, 9.17) is 9.52 Å². The fourth-order valence-corrected chi connectivity index (χ4v) is 4.17. The van der Waals surface area contributed by atoms with Crippen molar-refractivity contribution in [3.63, 3.8) is 0 Å². The highest BCUT2D eigenvalue weighted by Crippen LogP contribution is 2.29. The van der Waals surface area contributed by atoms with Crippen molar-refractivity contribution in [1.29, 1.82) is 0 Å². The minimum absolute atomic E-state index is 0.0646. The second-order valence-corrected chi connectivity index (χ2v) is 8.44. The van der Waals surface area contributed by atoms with E-state index in [2.05, 4.69) is 10.2 Å². The molecule has 2 heterocycles. The maximum atomic E-state index is 10.8. The molecule has 0 N–H and O–H groups in total. The van der Waals surface area contributed by atoms with E-state index in [0.717, 1.165) is 28.1 Å². The van der Waals surface area contributed by atoms with Gasteiger partial charge in [-0.05, 0) is 17.2 Å². The molecule has 8 nitrogen and oxygen atoms in total. The summed E-state index contributed by atoms with van der Waals surface area (Å²) in [5, 5.41) is 24.5. The molecule has 0 spiro atoms. The number of hydrogen-bond donors (Lipinski definition) is 0. The highest BCUT2D eigenvalue weighted by molar-refractivity contribution is 7.98. The van der Waals surface area contributed by atoms with Crippen LogP contribution in [-0.4, -0.2) is 24.9 Å². The van der Waals surface area contributed by atoms with Crippen molar-refractivity contribution in [2.75, 3.05) is 0 Å². The molecular weight excluding hydrogens is 450 g/mol. The molecule has 0 amide bonds. The first kappa shape index (κ1) is 21.6. The number of nitro benzene ring substituents is 1. The summed E-state index contributed by atoms with van der Waals surface area (Å²) in [4.78, 5) is 10.4. The first-order chi connectivity index (χ1) is 16.7. The third-order valence-electron chi connectivity index (χ3n) is 5.16. The fourth-order valence-electron chi connectivity index (χ4n) is 3.45. The smallest absolute Gasteiger partial charge is 0.277 e. The van der Waals surface area contributed by atoms with Gasteiger partial charge in [-0.2, -0.15) is 5.10 Å². The summed E-state index contributed by atoms with van der Waals surface area (Å²) in [5.41, 5.74) is 4.66. The maximum absolute atomic E-state index is 10.8. The number of thioether (sulfide) groups is 1. The first-order valence-electron chi connectivity index (χ1n) is 10.5. The van der Waals surface area contributed by atoms with Gasteiger partial charge in [0, 0.05) is 23.4 Å². The molecule has 0 atom stereocenters. The third-order valence-corrected chi connectivity index (χ3v) is 6.05. The van der Waals surface area contributed by atoms with E-state index < -0.39 is 4.92 Å². The molecule has 168 valence electrons. The van der Waals surface area contributed by atoms with E-state index in [1.165, 1.54) is 23.9 Å². The molecule has 0 fully saturated rings. The Morgan fingerprint density at radius 1 is 0.882 bits per heavy atom. The highest BCUT2D eigenvalue weighted by atomic mass is 32.2. The minimum atomic E-state index is -0.413. The predicted molar refractivity (Wildman–Crippen MR) is 129 cm³/mol. The van der Waals surface area contributed by atoms with Crippen molar-refractivity contribution >= 4 is 17.4 Å². The summed E-state index contributed by atoms with van der Waals surface area (Å²) in [6.07, 6.45) is 0. The number of rotatable bonds is 8. The summed E-state index contributed by atoms with van der Waals surface area (Å²) in [6, 6.07) is 28.4. The Morgan fingerprint density at radius 3 is 2.29 bits per heavy atom. The van der Waals surface area contributed by atoms with E-state index >= 15 is 0 Å². The maximum Gasteiger partial charge on any atom is 0.277 e.